The Kier molecular flexibility index (Phi) is 7.42. The molecule has 2 aromatic rings. The smallest absolute Gasteiger partial charge is 0.262 e. The van der Waals surface area contributed by atoms with Crippen LogP contribution in [0.4, 0.5) is 13.9 Å². The van der Waals surface area contributed by atoms with E-state index < -0.39 is 23.8 Å². The third kappa shape index (κ3) is 5.21. The average molecular weight is 567 g/mol. The highest BCUT2D eigenvalue weighted by molar-refractivity contribution is 7.15. The Labute approximate surface area is 234 Å². The van der Waals surface area contributed by atoms with Crippen LogP contribution in [0.5, 0.6) is 0 Å². The first-order valence-corrected chi connectivity index (χ1v) is 13.5. The molecule has 208 valence electrons. The number of likely N-dealkylation sites (N-methyl/N-ethyl adjacent to an activating group) is 2. The SMILES string of the molecule is CNC(=O)C1=CCC1(C)c1cc(C2=CC(C(F)F)N(C)C=C2OC)c(C(=O)Nc2nnc(C#CC3CC3)s2)cn1. The lowest BCUT2D eigenvalue weighted by molar-refractivity contribution is -0.118. The Morgan fingerprint density at radius 2 is 2.05 bits per heavy atom. The predicted molar refractivity (Wildman–Crippen MR) is 146 cm³/mol. The average Bonchev–Trinajstić information content (AvgIpc) is 3.67. The molecule has 3 heterocycles. The van der Waals surface area contributed by atoms with Gasteiger partial charge in [0.2, 0.25) is 11.0 Å². The van der Waals surface area contributed by atoms with Gasteiger partial charge in [0.25, 0.3) is 12.3 Å². The number of ether oxygens (including phenoxy) is 1. The Hall–Kier alpha value is -4.11. The number of hydrogen-bond donors (Lipinski definition) is 2. The molecule has 2 aromatic heterocycles. The minimum atomic E-state index is -2.68. The minimum absolute atomic E-state index is 0.129. The van der Waals surface area contributed by atoms with Crippen molar-refractivity contribution >= 4 is 33.9 Å². The Morgan fingerprint density at radius 1 is 1.27 bits per heavy atom. The van der Waals surface area contributed by atoms with Crippen LogP contribution in [0.25, 0.3) is 5.57 Å². The molecular weight excluding hydrogens is 538 g/mol. The van der Waals surface area contributed by atoms with Crippen molar-refractivity contribution in [3.8, 4) is 11.8 Å². The number of allylic oxidation sites excluding steroid dienone is 2. The van der Waals surface area contributed by atoms with Crippen molar-refractivity contribution < 1.29 is 23.1 Å². The highest BCUT2D eigenvalue weighted by Crippen LogP contribution is 2.44. The number of amides is 2. The maximum Gasteiger partial charge on any atom is 0.262 e. The summed E-state index contributed by atoms with van der Waals surface area (Å²) < 4.78 is 33.4. The molecule has 0 bridgehead atoms. The van der Waals surface area contributed by atoms with Gasteiger partial charge in [-0.25, -0.2) is 8.78 Å². The van der Waals surface area contributed by atoms with Crippen LogP contribution in [0, 0.1) is 17.8 Å². The molecule has 2 atom stereocenters. The molecule has 9 nitrogen and oxygen atoms in total. The molecule has 2 N–H and O–H groups in total. The lowest BCUT2D eigenvalue weighted by Gasteiger charge is -2.38. The number of carbonyl (C=O) groups is 2. The number of carbonyl (C=O) groups excluding carboxylic acids is 2. The Morgan fingerprint density at radius 3 is 2.67 bits per heavy atom. The molecular formula is C28H28F2N6O3S. The molecule has 1 aliphatic heterocycles. The van der Waals surface area contributed by atoms with E-state index in [1.807, 2.05) is 13.0 Å². The Bertz CT molecular complexity index is 1520. The summed E-state index contributed by atoms with van der Waals surface area (Å²) in [4.78, 5) is 31.9. The van der Waals surface area contributed by atoms with Crippen LogP contribution in [0.15, 0.2) is 41.9 Å². The van der Waals surface area contributed by atoms with Crippen LogP contribution in [-0.2, 0) is 14.9 Å². The Balaban J connectivity index is 1.55. The van der Waals surface area contributed by atoms with E-state index in [-0.39, 0.29) is 16.6 Å². The summed E-state index contributed by atoms with van der Waals surface area (Å²) in [5, 5.41) is 14.2. The number of nitrogens with zero attached hydrogens (tertiary/aromatic N) is 4. The molecule has 0 spiro atoms. The quantitative estimate of drug-likeness (QED) is 0.492. The largest absolute Gasteiger partial charge is 0.495 e. The van der Waals surface area contributed by atoms with Crippen LogP contribution in [0.3, 0.4) is 0 Å². The number of halogens is 2. The van der Waals surface area contributed by atoms with E-state index in [4.69, 9.17) is 4.74 Å². The number of rotatable bonds is 7. The topological polar surface area (TPSA) is 109 Å². The number of anilines is 1. The van der Waals surface area contributed by atoms with Crippen molar-refractivity contribution in [3.05, 3.63) is 63.8 Å². The van der Waals surface area contributed by atoms with E-state index in [0.717, 1.165) is 24.2 Å². The van der Waals surface area contributed by atoms with E-state index in [1.54, 1.807) is 13.1 Å². The number of aromatic nitrogens is 3. The molecule has 2 unspecified atom stereocenters. The molecule has 1 saturated carbocycles. The second kappa shape index (κ2) is 10.8. The first-order chi connectivity index (χ1) is 19.1. The zero-order valence-corrected chi connectivity index (χ0v) is 23.2. The van der Waals surface area contributed by atoms with Crippen LogP contribution >= 0.6 is 11.3 Å². The van der Waals surface area contributed by atoms with E-state index in [2.05, 4.69) is 37.7 Å². The zero-order valence-electron chi connectivity index (χ0n) is 22.4. The van der Waals surface area contributed by atoms with Gasteiger partial charge in [0.1, 0.15) is 11.8 Å². The van der Waals surface area contributed by atoms with Gasteiger partial charge in [0.05, 0.1) is 18.4 Å². The van der Waals surface area contributed by atoms with E-state index in [1.165, 1.54) is 37.5 Å². The summed E-state index contributed by atoms with van der Waals surface area (Å²) in [7, 11) is 4.51. The lowest BCUT2D eigenvalue weighted by Crippen LogP contribution is -2.40. The zero-order chi connectivity index (χ0) is 28.6. The molecule has 40 heavy (non-hydrogen) atoms. The van der Waals surface area contributed by atoms with Gasteiger partial charge >= 0.3 is 0 Å². The number of pyridine rings is 1. The van der Waals surface area contributed by atoms with Crippen LogP contribution < -0.4 is 10.6 Å². The molecule has 1 fully saturated rings. The number of hydrogen-bond acceptors (Lipinski definition) is 8. The minimum Gasteiger partial charge on any atom is -0.495 e. The molecule has 2 aliphatic carbocycles. The molecule has 2 amide bonds. The summed E-state index contributed by atoms with van der Waals surface area (Å²) in [6, 6.07) is 0.433. The molecule has 3 aliphatic rings. The highest BCUT2D eigenvalue weighted by atomic mass is 32.1. The second-order valence-corrected chi connectivity index (χ2v) is 11.0. The maximum atomic E-state index is 13.9. The monoisotopic (exact) mass is 566 g/mol. The molecule has 12 heteroatoms. The summed E-state index contributed by atoms with van der Waals surface area (Å²) in [6.45, 7) is 1.88. The number of methoxy groups -OCH3 is 1. The van der Waals surface area contributed by atoms with Crippen LogP contribution in [0.1, 0.15) is 52.8 Å². The van der Waals surface area contributed by atoms with Crippen molar-refractivity contribution in [1.82, 2.24) is 25.4 Å². The predicted octanol–water partition coefficient (Wildman–Crippen LogP) is 3.73. The normalized spacial score (nSPS) is 21.8. The second-order valence-electron chi connectivity index (χ2n) is 10.0. The lowest BCUT2D eigenvalue weighted by atomic mass is 9.67. The van der Waals surface area contributed by atoms with Gasteiger partial charge in [0.15, 0.2) is 5.01 Å². The van der Waals surface area contributed by atoms with E-state index in [0.29, 0.717) is 45.5 Å². The van der Waals surface area contributed by atoms with Crippen molar-refractivity contribution in [1.29, 1.82) is 0 Å². The molecule has 5 rings (SSSR count). The third-order valence-corrected chi connectivity index (χ3v) is 8.02. The van der Waals surface area contributed by atoms with Crippen molar-refractivity contribution in [3.63, 3.8) is 0 Å². The van der Waals surface area contributed by atoms with Gasteiger partial charge in [0, 0.05) is 54.5 Å². The highest BCUT2D eigenvalue weighted by Gasteiger charge is 2.42. The fraction of sp³-hybridized carbons (Fsp3) is 0.393. The molecule has 0 saturated heterocycles. The first-order valence-electron chi connectivity index (χ1n) is 12.7. The summed E-state index contributed by atoms with van der Waals surface area (Å²) >= 11 is 1.15. The molecule has 0 aromatic carbocycles. The first kappa shape index (κ1) is 27.5. The fourth-order valence-corrected chi connectivity index (χ4v) is 5.22. The third-order valence-electron chi connectivity index (χ3n) is 7.26. The van der Waals surface area contributed by atoms with Crippen molar-refractivity contribution in [2.45, 2.75) is 44.1 Å². The summed E-state index contributed by atoms with van der Waals surface area (Å²) in [5.74, 6) is 6.01. The van der Waals surface area contributed by atoms with Crippen molar-refractivity contribution in [2.75, 3.05) is 26.5 Å². The fourth-order valence-electron chi connectivity index (χ4n) is 4.62. The molecule has 0 radical (unpaired) electrons. The van der Waals surface area contributed by atoms with Gasteiger partial charge in [-0.15, -0.1) is 10.2 Å². The van der Waals surface area contributed by atoms with Gasteiger partial charge in [-0.2, -0.15) is 0 Å². The van der Waals surface area contributed by atoms with Crippen molar-refractivity contribution in [2.24, 2.45) is 5.92 Å². The van der Waals surface area contributed by atoms with Crippen LogP contribution in [-0.4, -0.2) is 65.6 Å². The number of nitrogens with one attached hydrogen (secondary N) is 2. The van der Waals surface area contributed by atoms with Gasteiger partial charge in [-0.05, 0) is 44.2 Å². The number of alkyl halides is 2. The van der Waals surface area contributed by atoms with Crippen LogP contribution in [0.2, 0.25) is 0 Å². The van der Waals surface area contributed by atoms with Gasteiger partial charge in [-0.1, -0.05) is 23.3 Å². The van der Waals surface area contributed by atoms with E-state index >= 15 is 0 Å². The maximum absolute atomic E-state index is 13.9. The van der Waals surface area contributed by atoms with Gasteiger partial charge < -0.3 is 15.0 Å². The summed E-state index contributed by atoms with van der Waals surface area (Å²) in [6.07, 6.45) is 6.10. The summed E-state index contributed by atoms with van der Waals surface area (Å²) in [5.41, 5.74) is 1.15. The van der Waals surface area contributed by atoms with Gasteiger partial charge in [-0.3, -0.25) is 19.9 Å². The standard InChI is InChI=1S/C28H28F2N6O3S/c1-28(10-9-19(28)26(38)31-2)22-12-16(17-11-20(24(29)30)36(3)14-21(17)39-4)18(13-32-22)25(37)33-27-35-34-23(40-27)8-7-15-5-6-15/h9,11-15,20,24H,5-6,10H2,1-4H3,(H,31,38)(H,33,35,37). The van der Waals surface area contributed by atoms with E-state index in [9.17, 15) is 18.4 Å².